The van der Waals surface area contributed by atoms with Gasteiger partial charge in [-0.15, -0.1) is 0 Å². The third-order valence-corrected chi connectivity index (χ3v) is 3.22. The van der Waals surface area contributed by atoms with Gasteiger partial charge < -0.3 is 14.0 Å². The van der Waals surface area contributed by atoms with Gasteiger partial charge in [0.2, 0.25) is 5.82 Å². The van der Waals surface area contributed by atoms with Crippen molar-refractivity contribution in [3.63, 3.8) is 0 Å². The van der Waals surface area contributed by atoms with Gasteiger partial charge in [-0.3, -0.25) is 10.1 Å². The fourth-order valence-electron chi connectivity index (χ4n) is 2.04. The lowest BCUT2D eigenvalue weighted by atomic mass is 10.2. The summed E-state index contributed by atoms with van der Waals surface area (Å²) in [7, 11) is 1.58. The molecule has 3 aromatic rings. The maximum atomic E-state index is 10.9. The Morgan fingerprint density at radius 2 is 1.92 bits per heavy atom. The van der Waals surface area contributed by atoms with Crippen LogP contribution in [0.4, 0.5) is 5.69 Å². The van der Waals surface area contributed by atoms with Crippen molar-refractivity contribution in [1.29, 1.82) is 0 Å². The van der Waals surface area contributed by atoms with Crippen LogP contribution >= 0.6 is 0 Å². The minimum absolute atomic E-state index is 0.0372. The topological polar surface area (TPSA) is 101 Å². The molecule has 0 amide bonds. The van der Waals surface area contributed by atoms with Crippen molar-refractivity contribution in [3.8, 4) is 23.0 Å². The number of nitrogens with zero attached hydrogens (tertiary/aromatic N) is 3. The second-order valence-corrected chi connectivity index (χ2v) is 4.76. The number of rotatable bonds is 6. The number of aromatic nitrogens is 2. The number of hydrogen-bond donors (Lipinski definition) is 0. The summed E-state index contributed by atoms with van der Waals surface area (Å²) in [5, 5.41) is 14.8. The first-order valence-electron chi connectivity index (χ1n) is 7.00. The van der Waals surface area contributed by atoms with E-state index in [2.05, 4.69) is 10.1 Å². The fourth-order valence-corrected chi connectivity index (χ4v) is 2.04. The van der Waals surface area contributed by atoms with Crippen molar-refractivity contribution in [2.24, 2.45) is 0 Å². The first-order chi connectivity index (χ1) is 11.7. The zero-order valence-electron chi connectivity index (χ0n) is 12.7. The second-order valence-electron chi connectivity index (χ2n) is 4.76. The summed E-state index contributed by atoms with van der Waals surface area (Å²) >= 11 is 0. The molecule has 3 rings (SSSR count). The fraction of sp³-hybridized carbons (Fsp3) is 0.125. The van der Waals surface area contributed by atoms with Crippen molar-refractivity contribution >= 4 is 5.69 Å². The summed E-state index contributed by atoms with van der Waals surface area (Å²) in [6.45, 7) is -0.0372. The Labute approximate surface area is 136 Å². The zero-order valence-corrected chi connectivity index (χ0v) is 12.7. The first-order valence-corrected chi connectivity index (χ1v) is 7.00. The minimum atomic E-state index is -0.506. The number of nitro groups is 1. The summed E-state index contributed by atoms with van der Waals surface area (Å²) in [4.78, 5) is 14.6. The van der Waals surface area contributed by atoms with Crippen LogP contribution in [0.1, 0.15) is 5.82 Å². The van der Waals surface area contributed by atoms with E-state index in [1.165, 1.54) is 12.1 Å². The highest BCUT2D eigenvalue weighted by atomic mass is 16.6. The Morgan fingerprint density at radius 1 is 1.17 bits per heavy atom. The van der Waals surface area contributed by atoms with Crippen molar-refractivity contribution in [3.05, 3.63) is 64.5 Å². The van der Waals surface area contributed by atoms with Crippen LogP contribution in [0.5, 0.6) is 11.5 Å². The summed E-state index contributed by atoms with van der Waals surface area (Å²) in [6.07, 6.45) is 0. The third-order valence-electron chi connectivity index (χ3n) is 3.22. The molecule has 0 atom stereocenters. The molecule has 0 aliphatic carbocycles. The SMILES string of the molecule is COc1ccc(-c2nc(COc3ccccc3[N+](=O)[O-])no2)cc1. The lowest BCUT2D eigenvalue weighted by molar-refractivity contribution is -0.385. The van der Waals surface area contributed by atoms with Gasteiger partial charge in [0.1, 0.15) is 5.75 Å². The first kappa shape index (κ1) is 15.5. The lowest BCUT2D eigenvalue weighted by Crippen LogP contribution is -2.00. The van der Waals surface area contributed by atoms with Crippen molar-refractivity contribution in [1.82, 2.24) is 10.1 Å². The molecule has 0 aliphatic heterocycles. The molecule has 0 spiro atoms. The molecule has 0 bridgehead atoms. The summed E-state index contributed by atoms with van der Waals surface area (Å²) in [5.74, 6) is 1.49. The molecule has 0 fully saturated rings. The maximum Gasteiger partial charge on any atom is 0.310 e. The second kappa shape index (κ2) is 6.78. The van der Waals surface area contributed by atoms with Gasteiger partial charge in [-0.05, 0) is 30.3 Å². The molecular formula is C16H13N3O5. The van der Waals surface area contributed by atoms with Crippen LogP contribution in [0, 0.1) is 10.1 Å². The molecule has 0 unspecified atom stereocenters. The number of ether oxygens (including phenoxy) is 2. The Kier molecular flexibility index (Phi) is 4.37. The Balaban J connectivity index is 1.71. The van der Waals surface area contributed by atoms with E-state index in [1.807, 2.05) is 0 Å². The molecule has 8 heteroatoms. The summed E-state index contributed by atoms with van der Waals surface area (Å²) < 4.78 is 15.7. The summed E-state index contributed by atoms with van der Waals surface area (Å²) in [5.41, 5.74) is 0.622. The molecule has 2 aromatic carbocycles. The van der Waals surface area contributed by atoms with E-state index in [4.69, 9.17) is 14.0 Å². The largest absolute Gasteiger partial charge is 0.497 e. The van der Waals surface area contributed by atoms with Gasteiger partial charge in [-0.25, -0.2) is 0 Å². The van der Waals surface area contributed by atoms with Gasteiger partial charge in [0.25, 0.3) is 5.89 Å². The molecule has 1 aromatic heterocycles. The van der Waals surface area contributed by atoms with E-state index in [9.17, 15) is 10.1 Å². The molecular weight excluding hydrogens is 314 g/mol. The van der Waals surface area contributed by atoms with Gasteiger partial charge in [0, 0.05) is 11.6 Å². The van der Waals surface area contributed by atoms with E-state index < -0.39 is 4.92 Å². The van der Waals surface area contributed by atoms with Crippen LogP contribution < -0.4 is 9.47 Å². The highest BCUT2D eigenvalue weighted by Crippen LogP contribution is 2.27. The normalized spacial score (nSPS) is 10.4. The molecule has 0 radical (unpaired) electrons. The average Bonchev–Trinajstić information content (AvgIpc) is 3.09. The van der Waals surface area contributed by atoms with Crippen LogP contribution in [-0.2, 0) is 6.61 Å². The summed E-state index contributed by atoms with van der Waals surface area (Å²) in [6, 6.07) is 13.3. The predicted molar refractivity (Wildman–Crippen MR) is 83.7 cm³/mol. The number of hydrogen-bond acceptors (Lipinski definition) is 7. The van der Waals surface area contributed by atoms with E-state index in [0.717, 1.165) is 11.3 Å². The Morgan fingerprint density at radius 3 is 2.62 bits per heavy atom. The molecule has 0 saturated carbocycles. The minimum Gasteiger partial charge on any atom is -0.497 e. The van der Waals surface area contributed by atoms with Crippen LogP contribution in [0.3, 0.4) is 0 Å². The predicted octanol–water partition coefficient (Wildman–Crippen LogP) is 3.23. The monoisotopic (exact) mass is 327 g/mol. The zero-order chi connectivity index (χ0) is 16.9. The molecule has 122 valence electrons. The lowest BCUT2D eigenvalue weighted by Gasteiger charge is -2.03. The smallest absolute Gasteiger partial charge is 0.310 e. The quantitative estimate of drug-likeness (QED) is 0.506. The molecule has 8 nitrogen and oxygen atoms in total. The van der Waals surface area contributed by atoms with E-state index in [0.29, 0.717) is 11.7 Å². The Bertz CT molecular complexity index is 845. The standard InChI is InChI=1S/C16H13N3O5/c1-22-12-8-6-11(7-9-12)16-17-15(18-24-16)10-23-14-5-3-2-4-13(14)19(20)21/h2-9H,10H2,1H3. The maximum absolute atomic E-state index is 10.9. The number of para-hydroxylation sites is 2. The van der Waals surface area contributed by atoms with Gasteiger partial charge in [0.05, 0.1) is 12.0 Å². The van der Waals surface area contributed by atoms with Gasteiger partial charge in [0.15, 0.2) is 12.4 Å². The average molecular weight is 327 g/mol. The number of methoxy groups -OCH3 is 1. The molecule has 0 N–H and O–H groups in total. The molecule has 0 aliphatic rings. The number of benzene rings is 2. The van der Waals surface area contributed by atoms with Gasteiger partial charge >= 0.3 is 5.69 Å². The van der Waals surface area contributed by atoms with Crippen LogP contribution in [0.15, 0.2) is 53.1 Å². The molecule has 0 saturated heterocycles. The van der Waals surface area contributed by atoms with Gasteiger partial charge in [-0.1, -0.05) is 17.3 Å². The molecule has 1 heterocycles. The van der Waals surface area contributed by atoms with Crippen molar-refractivity contribution in [2.45, 2.75) is 6.61 Å². The number of nitro benzene ring substituents is 1. The van der Waals surface area contributed by atoms with Crippen molar-refractivity contribution < 1.29 is 18.9 Å². The van der Waals surface area contributed by atoms with Crippen LogP contribution in [0.2, 0.25) is 0 Å². The Hall–Kier alpha value is -3.42. The highest BCUT2D eigenvalue weighted by Gasteiger charge is 2.15. The van der Waals surface area contributed by atoms with Crippen LogP contribution in [0.25, 0.3) is 11.5 Å². The molecule has 24 heavy (non-hydrogen) atoms. The van der Waals surface area contributed by atoms with E-state index in [1.54, 1.807) is 43.5 Å². The van der Waals surface area contributed by atoms with E-state index in [-0.39, 0.29) is 18.0 Å². The third kappa shape index (κ3) is 3.32. The van der Waals surface area contributed by atoms with E-state index >= 15 is 0 Å². The highest BCUT2D eigenvalue weighted by molar-refractivity contribution is 5.54. The van der Waals surface area contributed by atoms with Crippen molar-refractivity contribution in [2.75, 3.05) is 7.11 Å². The van der Waals surface area contributed by atoms with Crippen LogP contribution in [-0.4, -0.2) is 22.2 Å². The van der Waals surface area contributed by atoms with Gasteiger partial charge in [-0.2, -0.15) is 4.98 Å².